The van der Waals surface area contributed by atoms with Crippen LogP contribution in [0.5, 0.6) is 6.01 Å². The van der Waals surface area contributed by atoms with E-state index < -0.39 is 23.6 Å². The number of anilines is 2. The van der Waals surface area contributed by atoms with Crippen molar-refractivity contribution in [3.05, 3.63) is 47.2 Å². The average molecular weight is 688 g/mol. The predicted molar refractivity (Wildman–Crippen MR) is 171 cm³/mol. The van der Waals surface area contributed by atoms with Crippen molar-refractivity contribution in [2.24, 2.45) is 0 Å². The summed E-state index contributed by atoms with van der Waals surface area (Å²) in [5.74, 6) is -1.07. The minimum absolute atomic E-state index is 0.0415. The van der Waals surface area contributed by atoms with Crippen LogP contribution in [0, 0.1) is 17.1 Å². The summed E-state index contributed by atoms with van der Waals surface area (Å²) < 4.78 is 67.9. The molecule has 1 amide bonds. The van der Waals surface area contributed by atoms with E-state index in [9.17, 15) is 27.6 Å². The number of pyridine rings is 1. The lowest BCUT2D eigenvalue weighted by Crippen LogP contribution is -2.56. The summed E-state index contributed by atoms with van der Waals surface area (Å²) in [4.78, 5) is 36.3. The molecule has 2 atom stereocenters. The lowest BCUT2D eigenvalue weighted by Gasteiger charge is -2.43. The SMILES string of the molecule is C=C(CN1CCOCC1)C(=O)N1CCN(c2nc(OC[C@@H]3CCCN3C)nc3c2CCN(c2cncc(F)c2C(F)(F)F)C3)C[C@@H]1CC#N. The molecule has 4 aliphatic rings. The summed E-state index contributed by atoms with van der Waals surface area (Å²) in [5.41, 5.74) is -0.0528. The Morgan fingerprint density at radius 1 is 1.10 bits per heavy atom. The van der Waals surface area contributed by atoms with Gasteiger partial charge < -0.3 is 29.1 Å². The van der Waals surface area contributed by atoms with Crippen molar-refractivity contribution < 1.29 is 31.8 Å². The van der Waals surface area contributed by atoms with Crippen molar-refractivity contribution >= 4 is 17.4 Å². The lowest BCUT2D eigenvalue weighted by molar-refractivity contribution is -0.139. The van der Waals surface area contributed by atoms with Gasteiger partial charge in [0.1, 0.15) is 18.0 Å². The summed E-state index contributed by atoms with van der Waals surface area (Å²) in [6.45, 7) is 9.56. The number of morpholine rings is 1. The van der Waals surface area contributed by atoms with E-state index >= 15 is 0 Å². The Morgan fingerprint density at radius 2 is 1.90 bits per heavy atom. The summed E-state index contributed by atoms with van der Waals surface area (Å²) in [7, 11) is 2.02. The van der Waals surface area contributed by atoms with E-state index in [4.69, 9.17) is 14.5 Å². The molecule has 2 aromatic heterocycles. The number of piperazine rings is 1. The molecule has 264 valence electrons. The smallest absolute Gasteiger partial charge is 0.421 e. The summed E-state index contributed by atoms with van der Waals surface area (Å²) >= 11 is 0. The zero-order valence-electron chi connectivity index (χ0n) is 27.6. The molecule has 16 heteroatoms. The fourth-order valence-corrected chi connectivity index (χ4v) is 7.12. The van der Waals surface area contributed by atoms with E-state index in [1.54, 1.807) is 4.90 Å². The standard InChI is InChI=1S/C33H41F4N9O3/c1-22(18-43-12-14-48-15-13-43)31(47)46-11-10-45(19-23(46)5-7-38)30-25-6-9-44(28-17-39-16-26(34)29(28)33(35,36)37)20-27(25)40-32(41-30)49-21-24-4-3-8-42(24)2/h16-17,23-24H,1,3-6,8-15,18-21H2,2H3/t23-,24-/m0/s1. The van der Waals surface area contributed by atoms with Crippen LogP contribution in [-0.4, -0.2) is 127 Å². The Kier molecular flexibility index (Phi) is 10.5. The van der Waals surface area contributed by atoms with E-state index in [2.05, 4.69) is 32.4 Å². The Balaban J connectivity index is 1.27. The molecule has 12 nitrogen and oxygen atoms in total. The molecule has 0 N–H and O–H groups in total. The van der Waals surface area contributed by atoms with Crippen molar-refractivity contribution in [1.29, 1.82) is 5.26 Å². The van der Waals surface area contributed by atoms with Gasteiger partial charge in [-0.1, -0.05) is 6.58 Å². The van der Waals surface area contributed by atoms with Crippen LogP contribution in [0.3, 0.4) is 0 Å². The molecular formula is C33H41F4N9O3. The number of likely N-dealkylation sites (N-methyl/N-ethyl adjacent to an activating group) is 1. The van der Waals surface area contributed by atoms with Gasteiger partial charge in [0.2, 0.25) is 0 Å². The van der Waals surface area contributed by atoms with Crippen LogP contribution >= 0.6 is 0 Å². The number of halogens is 4. The molecule has 3 fully saturated rings. The van der Waals surface area contributed by atoms with Gasteiger partial charge in [-0.25, -0.2) is 4.39 Å². The Bertz CT molecular complexity index is 1580. The number of hydrogen-bond donors (Lipinski definition) is 0. The number of ether oxygens (including phenoxy) is 2. The van der Waals surface area contributed by atoms with Crippen molar-refractivity contribution in [2.75, 3.05) is 89.0 Å². The quantitative estimate of drug-likeness (QED) is 0.287. The highest BCUT2D eigenvalue weighted by atomic mass is 19.4. The van der Waals surface area contributed by atoms with Crippen molar-refractivity contribution in [1.82, 2.24) is 29.7 Å². The largest absolute Gasteiger partial charge is 0.462 e. The zero-order chi connectivity index (χ0) is 34.7. The maximum absolute atomic E-state index is 14.5. The normalized spacial score (nSPS) is 22.2. The second kappa shape index (κ2) is 14.8. The van der Waals surface area contributed by atoms with Crippen LogP contribution < -0.4 is 14.5 Å². The number of likely N-dealkylation sites (tertiary alicyclic amines) is 1. The molecule has 3 saturated heterocycles. The third kappa shape index (κ3) is 7.73. The number of rotatable bonds is 9. The van der Waals surface area contributed by atoms with Gasteiger partial charge >= 0.3 is 12.2 Å². The highest BCUT2D eigenvalue weighted by molar-refractivity contribution is 5.93. The number of fused-ring (bicyclic) bond motifs is 1. The molecule has 0 aliphatic carbocycles. The van der Waals surface area contributed by atoms with Crippen LogP contribution in [0.15, 0.2) is 24.5 Å². The molecule has 0 bridgehead atoms. The molecule has 0 spiro atoms. The number of nitrogens with zero attached hydrogens (tertiary/aromatic N) is 9. The highest BCUT2D eigenvalue weighted by Crippen LogP contribution is 2.40. The van der Waals surface area contributed by atoms with Crippen LogP contribution in [-0.2, 0) is 28.7 Å². The third-order valence-electron chi connectivity index (χ3n) is 9.79. The van der Waals surface area contributed by atoms with E-state index in [-0.39, 0.29) is 49.6 Å². The number of alkyl halides is 3. The number of hydrogen-bond acceptors (Lipinski definition) is 11. The first-order valence-electron chi connectivity index (χ1n) is 16.6. The number of aromatic nitrogens is 3. The van der Waals surface area contributed by atoms with Crippen LogP contribution in [0.25, 0.3) is 0 Å². The fraction of sp³-hybridized carbons (Fsp3) is 0.606. The van der Waals surface area contributed by atoms with E-state index in [0.29, 0.717) is 82.4 Å². The van der Waals surface area contributed by atoms with Gasteiger partial charge in [0.05, 0.1) is 62.1 Å². The number of nitriles is 1. The maximum atomic E-state index is 14.5. The molecule has 0 saturated carbocycles. The van der Waals surface area contributed by atoms with Gasteiger partial charge in [-0.05, 0) is 32.9 Å². The van der Waals surface area contributed by atoms with E-state index in [0.717, 1.165) is 31.1 Å². The Hall–Kier alpha value is -4.07. The monoisotopic (exact) mass is 687 g/mol. The molecule has 4 aliphatic heterocycles. The van der Waals surface area contributed by atoms with Crippen molar-refractivity contribution in [3.8, 4) is 12.1 Å². The number of amides is 1. The average Bonchev–Trinajstić information content (AvgIpc) is 3.50. The van der Waals surface area contributed by atoms with Crippen molar-refractivity contribution in [2.45, 2.75) is 50.5 Å². The minimum atomic E-state index is -4.92. The molecule has 49 heavy (non-hydrogen) atoms. The number of carbonyl (C=O) groups excluding carboxylic acids is 1. The summed E-state index contributed by atoms with van der Waals surface area (Å²) in [6, 6.07) is 2.04. The first-order chi connectivity index (χ1) is 23.5. The third-order valence-corrected chi connectivity index (χ3v) is 9.79. The number of carbonyl (C=O) groups is 1. The van der Waals surface area contributed by atoms with Gasteiger partial charge in [-0.15, -0.1) is 0 Å². The molecule has 6 rings (SSSR count). The molecule has 6 heterocycles. The molecular weight excluding hydrogens is 646 g/mol. The molecule has 0 unspecified atom stereocenters. The first-order valence-corrected chi connectivity index (χ1v) is 16.6. The van der Waals surface area contributed by atoms with E-state index in [1.807, 2.05) is 11.9 Å². The van der Waals surface area contributed by atoms with Crippen LogP contribution in [0.2, 0.25) is 0 Å². The Labute approximate surface area is 282 Å². The first kappa shape index (κ1) is 34.8. The molecule has 2 aromatic rings. The van der Waals surface area contributed by atoms with Crippen LogP contribution in [0.4, 0.5) is 29.1 Å². The fourth-order valence-electron chi connectivity index (χ4n) is 7.12. The topological polar surface area (TPSA) is 114 Å². The van der Waals surface area contributed by atoms with Crippen molar-refractivity contribution in [3.63, 3.8) is 0 Å². The molecule has 0 radical (unpaired) electrons. The van der Waals surface area contributed by atoms with Gasteiger partial charge in [0.25, 0.3) is 5.91 Å². The highest BCUT2D eigenvalue weighted by Gasteiger charge is 2.40. The zero-order valence-corrected chi connectivity index (χ0v) is 27.6. The van der Waals surface area contributed by atoms with Gasteiger partial charge in [-0.3, -0.25) is 14.7 Å². The minimum Gasteiger partial charge on any atom is -0.462 e. The summed E-state index contributed by atoms with van der Waals surface area (Å²) in [6.07, 6.45) is -0.945. The maximum Gasteiger partial charge on any atom is 0.421 e. The van der Waals surface area contributed by atoms with Gasteiger partial charge in [0.15, 0.2) is 5.82 Å². The molecule has 0 aromatic carbocycles. The van der Waals surface area contributed by atoms with Gasteiger partial charge in [-0.2, -0.15) is 28.4 Å². The van der Waals surface area contributed by atoms with Crippen LogP contribution in [0.1, 0.15) is 36.1 Å². The lowest BCUT2D eigenvalue weighted by atomic mass is 10.0. The second-order valence-electron chi connectivity index (χ2n) is 13.0. The van der Waals surface area contributed by atoms with E-state index in [1.165, 1.54) is 4.90 Å². The second-order valence-corrected chi connectivity index (χ2v) is 13.0. The Morgan fingerprint density at radius 3 is 2.61 bits per heavy atom. The van der Waals surface area contributed by atoms with Gasteiger partial charge in [0, 0.05) is 63.0 Å². The summed E-state index contributed by atoms with van der Waals surface area (Å²) in [5, 5.41) is 9.72. The predicted octanol–water partition coefficient (Wildman–Crippen LogP) is 2.88.